The topological polar surface area (TPSA) is 20.2 Å². The highest BCUT2D eigenvalue weighted by molar-refractivity contribution is 6.48. The molecule has 5 aromatic rings. The Labute approximate surface area is 194 Å². The van der Waals surface area contributed by atoms with E-state index in [1.165, 1.54) is 57.6 Å². The van der Waals surface area contributed by atoms with Gasteiger partial charge in [-0.05, 0) is 67.2 Å². The van der Waals surface area contributed by atoms with E-state index in [0.717, 1.165) is 11.0 Å². The zero-order valence-electron chi connectivity index (χ0n) is 18.0. The number of rotatable bonds is 2. The van der Waals surface area contributed by atoms with Gasteiger partial charge in [0.25, 0.3) is 0 Å². The normalized spacial score (nSPS) is 16.8. The van der Waals surface area contributed by atoms with Gasteiger partial charge < -0.3 is 5.02 Å². The zero-order chi connectivity index (χ0) is 22.0. The molecule has 1 spiro atoms. The highest BCUT2D eigenvalue weighted by atomic mass is 16.2. The molecule has 1 radical (unpaired) electrons. The molecule has 2 aliphatic carbocycles. The second kappa shape index (κ2) is 6.81. The molecular formula is C31H20BO. The van der Waals surface area contributed by atoms with E-state index in [0.29, 0.717) is 0 Å². The third kappa shape index (κ3) is 2.31. The Kier molecular flexibility index (Phi) is 3.85. The molecule has 0 fully saturated rings. The van der Waals surface area contributed by atoms with Gasteiger partial charge >= 0.3 is 7.48 Å². The van der Waals surface area contributed by atoms with E-state index >= 15 is 0 Å². The summed E-state index contributed by atoms with van der Waals surface area (Å²) in [5.41, 5.74) is 12.9. The Morgan fingerprint density at radius 1 is 0.485 bits per heavy atom. The van der Waals surface area contributed by atoms with Crippen LogP contribution in [0.25, 0.3) is 33.4 Å². The fourth-order valence-corrected chi connectivity index (χ4v) is 6.13. The van der Waals surface area contributed by atoms with Gasteiger partial charge in [0.1, 0.15) is 0 Å². The van der Waals surface area contributed by atoms with Crippen molar-refractivity contribution in [3.8, 4) is 33.4 Å². The first kappa shape index (κ1) is 18.7. The van der Waals surface area contributed by atoms with Crippen LogP contribution in [0.4, 0.5) is 0 Å². The molecule has 33 heavy (non-hydrogen) atoms. The molecule has 0 bridgehead atoms. The highest BCUT2D eigenvalue weighted by Gasteiger charge is 2.51. The third-order valence-corrected chi connectivity index (χ3v) is 7.39. The van der Waals surface area contributed by atoms with Gasteiger partial charge in [0.05, 0.1) is 5.41 Å². The molecule has 0 saturated heterocycles. The summed E-state index contributed by atoms with van der Waals surface area (Å²) in [7, 11) is 1.25. The predicted molar refractivity (Wildman–Crippen MR) is 136 cm³/mol. The molecular weight excluding hydrogens is 399 g/mol. The second-order valence-corrected chi connectivity index (χ2v) is 8.87. The third-order valence-electron chi connectivity index (χ3n) is 7.39. The van der Waals surface area contributed by atoms with Crippen LogP contribution in [0.1, 0.15) is 22.3 Å². The van der Waals surface area contributed by atoms with E-state index < -0.39 is 5.41 Å². The molecule has 1 nitrogen and oxygen atoms in total. The summed E-state index contributed by atoms with van der Waals surface area (Å²) in [4.78, 5) is 0. The number of hydrogen-bond donors (Lipinski definition) is 1. The van der Waals surface area contributed by atoms with Gasteiger partial charge in [0.2, 0.25) is 0 Å². The molecule has 1 atom stereocenters. The first-order valence-electron chi connectivity index (χ1n) is 11.3. The second-order valence-electron chi connectivity index (χ2n) is 8.87. The van der Waals surface area contributed by atoms with Crippen LogP contribution in [0.3, 0.4) is 0 Å². The minimum atomic E-state index is -0.401. The van der Waals surface area contributed by atoms with E-state index in [4.69, 9.17) is 0 Å². The first-order valence-corrected chi connectivity index (χ1v) is 11.3. The van der Waals surface area contributed by atoms with Crippen molar-refractivity contribution in [2.45, 2.75) is 5.41 Å². The molecule has 0 aromatic heterocycles. The number of hydrogen-bond acceptors (Lipinski definition) is 1. The molecule has 0 saturated carbocycles. The lowest BCUT2D eigenvalue weighted by Crippen LogP contribution is -2.27. The van der Waals surface area contributed by atoms with Gasteiger partial charge in [0, 0.05) is 0 Å². The first-order chi connectivity index (χ1) is 16.3. The van der Waals surface area contributed by atoms with Crippen molar-refractivity contribution < 1.29 is 5.02 Å². The lowest BCUT2D eigenvalue weighted by atomic mass is 9.69. The van der Waals surface area contributed by atoms with Gasteiger partial charge in [-0.1, -0.05) is 109 Å². The Hall–Kier alpha value is -3.88. The summed E-state index contributed by atoms with van der Waals surface area (Å²) >= 11 is 0. The van der Waals surface area contributed by atoms with E-state index in [1.807, 2.05) is 6.07 Å². The van der Waals surface area contributed by atoms with Crippen LogP contribution in [-0.2, 0) is 5.41 Å². The van der Waals surface area contributed by atoms with E-state index in [9.17, 15) is 5.02 Å². The lowest BCUT2D eigenvalue weighted by Gasteiger charge is -2.30. The summed E-state index contributed by atoms with van der Waals surface area (Å²) in [6, 6.07) is 41.3. The lowest BCUT2D eigenvalue weighted by molar-refractivity contribution is 0.615. The summed E-state index contributed by atoms with van der Waals surface area (Å²) in [5.74, 6) is 0. The van der Waals surface area contributed by atoms with E-state index in [2.05, 4.69) is 109 Å². The highest BCUT2D eigenvalue weighted by Crippen LogP contribution is 2.62. The Balaban J connectivity index is 1.65. The molecule has 0 heterocycles. The number of fused-ring (bicyclic) bond motifs is 10. The maximum Gasteiger partial charge on any atom is 0.327 e. The zero-order valence-corrected chi connectivity index (χ0v) is 18.0. The van der Waals surface area contributed by atoms with Gasteiger partial charge in [-0.2, -0.15) is 0 Å². The Morgan fingerprint density at radius 3 is 1.91 bits per heavy atom. The van der Waals surface area contributed by atoms with Crippen LogP contribution in [0.2, 0.25) is 0 Å². The summed E-state index contributed by atoms with van der Waals surface area (Å²) in [6.07, 6.45) is 0. The van der Waals surface area contributed by atoms with Crippen molar-refractivity contribution in [1.29, 1.82) is 0 Å². The Bertz CT molecular complexity index is 1550. The van der Waals surface area contributed by atoms with Crippen LogP contribution in [0.15, 0.2) is 115 Å². The predicted octanol–water partition coefficient (Wildman–Crippen LogP) is 5.93. The molecule has 0 amide bonds. The van der Waals surface area contributed by atoms with Gasteiger partial charge in [0.15, 0.2) is 0 Å². The average molecular weight is 419 g/mol. The van der Waals surface area contributed by atoms with Crippen LogP contribution in [0.5, 0.6) is 0 Å². The average Bonchev–Trinajstić information content (AvgIpc) is 3.36. The van der Waals surface area contributed by atoms with Crippen molar-refractivity contribution in [1.82, 2.24) is 0 Å². The van der Waals surface area contributed by atoms with Crippen LogP contribution < -0.4 is 5.46 Å². The molecule has 1 unspecified atom stereocenters. The fraction of sp³-hybridized carbons (Fsp3) is 0.0323. The van der Waals surface area contributed by atoms with Crippen LogP contribution >= 0.6 is 0 Å². The summed E-state index contributed by atoms with van der Waals surface area (Å²) in [6.45, 7) is 0. The standard InChI is InChI=1S/C31H20BO/c33-32-29-16-8-15-27-30(29)24-12-5-7-14-26(24)31(27)25-13-6-4-11-22(25)23-18-17-21(19-28(23)31)20-9-2-1-3-10-20/h1-19,33H. The van der Waals surface area contributed by atoms with Crippen molar-refractivity contribution in [2.75, 3.05) is 0 Å². The Morgan fingerprint density at radius 2 is 1.12 bits per heavy atom. The summed E-state index contributed by atoms with van der Waals surface area (Å²) < 4.78 is 0. The fourth-order valence-electron chi connectivity index (χ4n) is 6.13. The van der Waals surface area contributed by atoms with E-state index in [-0.39, 0.29) is 0 Å². The molecule has 2 aliphatic rings. The van der Waals surface area contributed by atoms with Gasteiger partial charge in [-0.25, -0.2) is 0 Å². The largest absolute Gasteiger partial charge is 0.450 e. The van der Waals surface area contributed by atoms with Gasteiger partial charge in [-0.15, -0.1) is 0 Å². The number of benzene rings is 5. The SMILES string of the molecule is O[B]c1cccc2c1-c1ccccc1C21c2ccccc2-c2ccc(-c3ccccc3)cc21. The molecule has 7 rings (SSSR count). The smallest absolute Gasteiger partial charge is 0.327 e. The monoisotopic (exact) mass is 419 g/mol. The maximum absolute atomic E-state index is 10.1. The molecule has 1 N–H and O–H groups in total. The van der Waals surface area contributed by atoms with Gasteiger partial charge in [-0.3, -0.25) is 0 Å². The van der Waals surface area contributed by atoms with Crippen LogP contribution in [-0.4, -0.2) is 12.5 Å². The van der Waals surface area contributed by atoms with Crippen LogP contribution in [0, 0.1) is 0 Å². The summed E-state index contributed by atoms with van der Waals surface area (Å²) in [5, 5.41) is 10.1. The minimum Gasteiger partial charge on any atom is -0.450 e. The quantitative estimate of drug-likeness (QED) is 0.344. The molecule has 5 aromatic carbocycles. The molecule has 153 valence electrons. The molecule has 0 aliphatic heterocycles. The van der Waals surface area contributed by atoms with Crippen molar-refractivity contribution >= 4 is 12.9 Å². The minimum absolute atomic E-state index is 0.401. The van der Waals surface area contributed by atoms with E-state index in [1.54, 1.807) is 0 Å². The van der Waals surface area contributed by atoms with Crippen molar-refractivity contribution in [3.05, 3.63) is 138 Å². The maximum atomic E-state index is 10.1. The molecule has 2 heteroatoms. The van der Waals surface area contributed by atoms with Crippen molar-refractivity contribution in [2.24, 2.45) is 0 Å². The van der Waals surface area contributed by atoms with Crippen molar-refractivity contribution in [3.63, 3.8) is 0 Å².